The van der Waals surface area contributed by atoms with E-state index in [4.69, 9.17) is 4.74 Å². The van der Waals surface area contributed by atoms with Crippen LogP contribution in [0.1, 0.15) is 43.0 Å². The summed E-state index contributed by atoms with van der Waals surface area (Å²) in [5, 5.41) is 12.4. The SMILES string of the molecule is CCOc1ccc(C(=O)NC2CCCCC2CO)cc1. The third-order valence-corrected chi connectivity index (χ3v) is 3.89. The van der Waals surface area contributed by atoms with Crippen molar-refractivity contribution in [2.24, 2.45) is 5.92 Å². The normalized spacial score (nSPS) is 22.3. The number of rotatable bonds is 5. The zero-order valence-electron chi connectivity index (χ0n) is 12.0. The van der Waals surface area contributed by atoms with Crippen LogP contribution in [-0.4, -0.2) is 30.3 Å². The molecule has 1 aliphatic rings. The minimum absolute atomic E-state index is 0.0709. The molecule has 0 spiro atoms. The monoisotopic (exact) mass is 277 g/mol. The van der Waals surface area contributed by atoms with Crippen molar-refractivity contribution in [3.05, 3.63) is 29.8 Å². The molecule has 20 heavy (non-hydrogen) atoms. The first-order chi connectivity index (χ1) is 9.74. The molecule has 0 radical (unpaired) electrons. The highest BCUT2D eigenvalue weighted by atomic mass is 16.5. The van der Waals surface area contributed by atoms with Crippen LogP contribution in [-0.2, 0) is 0 Å². The first kappa shape index (κ1) is 14.9. The van der Waals surface area contributed by atoms with Gasteiger partial charge in [0.05, 0.1) is 6.61 Å². The van der Waals surface area contributed by atoms with Crippen LogP contribution in [0.5, 0.6) is 5.75 Å². The van der Waals surface area contributed by atoms with Gasteiger partial charge in [0.25, 0.3) is 5.91 Å². The molecule has 0 heterocycles. The summed E-state index contributed by atoms with van der Waals surface area (Å²) in [6.07, 6.45) is 4.20. The third-order valence-electron chi connectivity index (χ3n) is 3.89. The highest BCUT2D eigenvalue weighted by Gasteiger charge is 2.26. The van der Waals surface area contributed by atoms with Crippen molar-refractivity contribution in [1.29, 1.82) is 0 Å². The van der Waals surface area contributed by atoms with Crippen molar-refractivity contribution in [3.8, 4) is 5.75 Å². The molecule has 1 amide bonds. The summed E-state index contributed by atoms with van der Waals surface area (Å²) in [4.78, 5) is 12.2. The largest absolute Gasteiger partial charge is 0.494 e. The van der Waals surface area contributed by atoms with E-state index in [1.165, 1.54) is 0 Å². The van der Waals surface area contributed by atoms with Crippen molar-refractivity contribution in [2.75, 3.05) is 13.2 Å². The van der Waals surface area contributed by atoms with E-state index in [0.29, 0.717) is 12.2 Å². The molecule has 1 aliphatic carbocycles. The molecule has 2 N–H and O–H groups in total. The van der Waals surface area contributed by atoms with E-state index in [2.05, 4.69) is 5.32 Å². The van der Waals surface area contributed by atoms with Gasteiger partial charge in [-0.05, 0) is 44.0 Å². The van der Waals surface area contributed by atoms with Crippen molar-refractivity contribution in [3.63, 3.8) is 0 Å². The van der Waals surface area contributed by atoms with Crippen LogP contribution in [0.15, 0.2) is 24.3 Å². The number of ether oxygens (including phenoxy) is 1. The summed E-state index contributed by atoms with van der Waals surface area (Å²) in [5.74, 6) is 0.892. The van der Waals surface area contributed by atoms with Gasteiger partial charge >= 0.3 is 0 Å². The number of nitrogens with one attached hydrogen (secondary N) is 1. The molecule has 1 aromatic rings. The van der Waals surface area contributed by atoms with E-state index in [-0.39, 0.29) is 24.5 Å². The number of aliphatic hydroxyl groups is 1. The molecule has 1 saturated carbocycles. The van der Waals surface area contributed by atoms with Gasteiger partial charge in [-0.2, -0.15) is 0 Å². The topological polar surface area (TPSA) is 58.6 Å². The smallest absolute Gasteiger partial charge is 0.251 e. The summed E-state index contributed by atoms with van der Waals surface area (Å²) in [7, 11) is 0. The fourth-order valence-electron chi connectivity index (χ4n) is 2.74. The number of carbonyl (C=O) groups is 1. The minimum Gasteiger partial charge on any atom is -0.494 e. The van der Waals surface area contributed by atoms with Crippen LogP contribution in [0.4, 0.5) is 0 Å². The maximum absolute atomic E-state index is 12.2. The van der Waals surface area contributed by atoms with Crippen molar-refractivity contribution in [1.82, 2.24) is 5.32 Å². The Balaban J connectivity index is 1.96. The van der Waals surface area contributed by atoms with E-state index < -0.39 is 0 Å². The van der Waals surface area contributed by atoms with Crippen LogP contribution < -0.4 is 10.1 Å². The zero-order chi connectivity index (χ0) is 14.4. The lowest BCUT2D eigenvalue weighted by Gasteiger charge is -2.30. The molecule has 1 aromatic carbocycles. The fourth-order valence-corrected chi connectivity index (χ4v) is 2.74. The van der Waals surface area contributed by atoms with Gasteiger partial charge in [-0.1, -0.05) is 12.8 Å². The number of aliphatic hydroxyl groups excluding tert-OH is 1. The maximum Gasteiger partial charge on any atom is 0.251 e. The summed E-state index contributed by atoms with van der Waals surface area (Å²) in [5.41, 5.74) is 0.635. The Kier molecular flexibility index (Phi) is 5.41. The highest BCUT2D eigenvalue weighted by molar-refractivity contribution is 5.94. The Hall–Kier alpha value is -1.55. The van der Waals surface area contributed by atoms with E-state index in [1.807, 2.05) is 19.1 Å². The predicted octanol–water partition coefficient (Wildman–Crippen LogP) is 2.37. The average molecular weight is 277 g/mol. The first-order valence-electron chi connectivity index (χ1n) is 7.39. The van der Waals surface area contributed by atoms with Gasteiger partial charge in [-0.15, -0.1) is 0 Å². The Bertz CT molecular complexity index is 430. The molecular formula is C16H23NO3. The molecule has 2 unspecified atom stereocenters. The van der Waals surface area contributed by atoms with Gasteiger partial charge in [0.1, 0.15) is 5.75 Å². The second-order valence-electron chi connectivity index (χ2n) is 5.26. The lowest BCUT2D eigenvalue weighted by molar-refractivity contribution is 0.0872. The standard InChI is InChI=1S/C16H23NO3/c1-2-20-14-9-7-12(8-10-14)16(19)17-15-6-4-3-5-13(15)11-18/h7-10,13,15,18H,2-6,11H2,1H3,(H,17,19). The molecule has 0 saturated heterocycles. The van der Waals surface area contributed by atoms with Gasteiger partial charge < -0.3 is 15.2 Å². The second kappa shape index (κ2) is 7.29. The number of hydrogen-bond acceptors (Lipinski definition) is 3. The van der Waals surface area contributed by atoms with Gasteiger partial charge in [0, 0.05) is 24.1 Å². The summed E-state index contributed by atoms with van der Waals surface area (Å²) < 4.78 is 5.36. The summed E-state index contributed by atoms with van der Waals surface area (Å²) in [6, 6.07) is 7.26. The van der Waals surface area contributed by atoms with Crippen LogP contribution in [0.3, 0.4) is 0 Å². The number of carbonyl (C=O) groups excluding carboxylic acids is 1. The lowest BCUT2D eigenvalue weighted by Crippen LogP contribution is -2.43. The van der Waals surface area contributed by atoms with Crippen LogP contribution in [0, 0.1) is 5.92 Å². The molecule has 0 aliphatic heterocycles. The quantitative estimate of drug-likeness (QED) is 0.868. The van der Waals surface area contributed by atoms with Crippen molar-refractivity contribution in [2.45, 2.75) is 38.6 Å². The van der Waals surface area contributed by atoms with E-state index >= 15 is 0 Å². The second-order valence-corrected chi connectivity index (χ2v) is 5.26. The zero-order valence-corrected chi connectivity index (χ0v) is 12.0. The highest BCUT2D eigenvalue weighted by Crippen LogP contribution is 2.24. The molecular weight excluding hydrogens is 254 g/mol. The maximum atomic E-state index is 12.2. The predicted molar refractivity (Wildman–Crippen MR) is 77.9 cm³/mol. The molecule has 4 heteroatoms. The Morgan fingerprint density at radius 1 is 1.30 bits per heavy atom. The van der Waals surface area contributed by atoms with Crippen LogP contribution >= 0.6 is 0 Å². The molecule has 0 aromatic heterocycles. The lowest BCUT2D eigenvalue weighted by atomic mass is 9.85. The Morgan fingerprint density at radius 2 is 2.00 bits per heavy atom. The first-order valence-corrected chi connectivity index (χ1v) is 7.39. The molecule has 1 fully saturated rings. The third kappa shape index (κ3) is 3.73. The average Bonchev–Trinajstić information content (AvgIpc) is 2.49. The number of benzene rings is 1. The van der Waals surface area contributed by atoms with E-state index in [1.54, 1.807) is 12.1 Å². The van der Waals surface area contributed by atoms with Gasteiger partial charge in [0.2, 0.25) is 0 Å². The van der Waals surface area contributed by atoms with Crippen LogP contribution in [0.2, 0.25) is 0 Å². The molecule has 2 rings (SSSR count). The van der Waals surface area contributed by atoms with Gasteiger partial charge in [-0.25, -0.2) is 0 Å². The molecule has 2 atom stereocenters. The minimum atomic E-state index is -0.0709. The number of hydrogen-bond donors (Lipinski definition) is 2. The van der Waals surface area contributed by atoms with Crippen LogP contribution in [0.25, 0.3) is 0 Å². The molecule has 4 nitrogen and oxygen atoms in total. The van der Waals surface area contributed by atoms with E-state index in [9.17, 15) is 9.90 Å². The van der Waals surface area contributed by atoms with Crippen molar-refractivity contribution < 1.29 is 14.6 Å². The summed E-state index contributed by atoms with van der Waals surface area (Å²) in [6.45, 7) is 2.69. The number of amides is 1. The fraction of sp³-hybridized carbons (Fsp3) is 0.562. The summed E-state index contributed by atoms with van der Waals surface area (Å²) >= 11 is 0. The Labute approximate surface area is 120 Å². The van der Waals surface area contributed by atoms with Crippen molar-refractivity contribution >= 4 is 5.91 Å². The van der Waals surface area contributed by atoms with Gasteiger partial charge in [0.15, 0.2) is 0 Å². The molecule has 110 valence electrons. The Morgan fingerprint density at radius 3 is 2.65 bits per heavy atom. The van der Waals surface area contributed by atoms with Gasteiger partial charge in [-0.3, -0.25) is 4.79 Å². The van der Waals surface area contributed by atoms with E-state index in [0.717, 1.165) is 31.4 Å². The molecule has 0 bridgehead atoms.